The number of para-hydroxylation sites is 2. The quantitative estimate of drug-likeness (QED) is 0.325. The number of hydrogen-bond donors (Lipinski definition) is 0. The molecule has 0 unspecified atom stereocenters. The van der Waals surface area contributed by atoms with Crippen LogP contribution in [0.4, 0.5) is 11.4 Å². The number of aromatic carboxylic acids is 1. The molecule has 1 fully saturated rings. The van der Waals surface area contributed by atoms with E-state index in [2.05, 4.69) is 4.99 Å². The average Bonchev–Trinajstić information content (AvgIpc) is 3.45. The van der Waals surface area contributed by atoms with E-state index in [4.69, 9.17) is 16.0 Å². The molecule has 2 heterocycles. The average molecular weight is 500 g/mol. The number of hydrogen-bond acceptors (Lipinski definition) is 6. The Kier molecular flexibility index (Phi) is 6.27. The number of carboxylic acids is 1. The van der Waals surface area contributed by atoms with Crippen LogP contribution in [0.15, 0.2) is 105 Å². The summed E-state index contributed by atoms with van der Waals surface area (Å²) < 4.78 is 5.89. The van der Waals surface area contributed by atoms with E-state index in [1.807, 2.05) is 60.7 Å². The van der Waals surface area contributed by atoms with Gasteiger partial charge in [0.15, 0.2) is 5.17 Å². The van der Waals surface area contributed by atoms with Crippen molar-refractivity contribution in [1.29, 1.82) is 0 Å². The predicted octanol–water partition coefficient (Wildman–Crippen LogP) is 5.77. The van der Waals surface area contributed by atoms with Crippen LogP contribution in [-0.4, -0.2) is 17.0 Å². The van der Waals surface area contributed by atoms with Gasteiger partial charge in [-0.3, -0.25) is 9.69 Å². The highest BCUT2D eigenvalue weighted by atomic mass is 35.5. The van der Waals surface area contributed by atoms with Gasteiger partial charge in [-0.05, 0) is 66.4 Å². The molecule has 6 nitrogen and oxygen atoms in total. The Labute approximate surface area is 210 Å². The van der Waals surface area contributed by atoms with Gasteiger partial charge in [0.25, 0.3) is 5.91 Å². The normalized spacial score (nSPS) is 15.8. The summed E-state index contributed by atoms with van der Waals surface area (Å²) in [6, 6.07) is 26.7. The van der Waals surface area contributed by atoms with Crippen molar-refractivity contribution in [3.63, 3.8) is 0 Å². The number of halogens is 1. The van der Waals surface area contributed by atoms with Crippen molar-refractivity contribution in [3.05, 3.63) is 112 Å². The number of nitrogens with zero attached hydrogens (tertiary/aromatic N) is 2. The van der Waals surface area contributed by atoms with Gasteiger partial charge in [-0.15, -0.1) is 0 Å². The third kappa shape index (κ3) is 4.77. The van der Waals surface area contributed by atoms with Crippen LogP contribution in [0.1, 0.15) is 16.1 Å². The largest absolute Gasteiger partial charge is 0.545 e. The number of amides is 1. The molecule has 172 valence electrons. The van der Waals surface area contributed by atoms with E-state index >= 15 is 0 Å². The highest BCUT2D eigenvalue weighted by molar-refractivity contribution is 8.19. The first kappa shape index (κ1) is 22.7. The molecule has 0 spiro atoms. The van der Waals surface area contributed by atoms with Gasteiger partial charge in [0.2, 0.25) is 0 Å². The summed E-state index contributed by atoms with van der Waals surface area (Å²) in [6.45, 7) is 0. The third-order valence-corrected chi connectivity index (χ3v) is 6.47. The van der Waals surface area contributed by atoms with E-state index in [0.717, 1.165) is 5.69 Å². The van der Waals surface area contributed by atoms with Gasteiger partial charge in [0.05, 0.1) is 22.2 Å². The van der Waals surface area contributed by atoms with Crippen LogP contribution in [0.25, 0.3) is 17.4 Å². The molecular formula is C27H16ClN2O4S-. The number of carbonyl (C=O) groups is 2. The lowest BCUT2D eigenvalue weighted by Gasteiger charge is -2.15. The van der Waals surface area contributed by atoms with Crippen LogP contribution in [0.3, 0.4) is 0 Å². The molecule has 0 atom stereocenters. The van der Waals surface area contributed by atoms with Gasteiger partial charge in [0.1, 0.15) is 11.5 Å². The summed E-state index contributed by atoms with van der Waals surface area (Å²) in [5, 5.41) is 11.9. The number of carboxylic acid groups (broad SMARTS) is 1. The second-order valence-corrected chi connectivity index (χ2v) is 8.92. The van der Waals surface area contributed by atoms with Gasteiger partial charge in [-0.2, -0.15) is 0 Å². The molecule has 35 heavy (non-hydrogen) atoms. The number of benzene rings is 3. The minimum atomic E-state index is -1.37. The highest BCUT2D eigenvalue weighted by Crippen LogP contribution is 2.38. The van der Waals surface area contributed by atoms with E-state index < -0.39 is 5.97 Å². The first-order valence-corrected chi connectivity index (χ1v) is 11.7. The van der Waals surface area contributed by atoms with Gasteiger partial charge in [-0.1, -0.05) is 48.0 Å². The van der Waals surface area contributed by atoms with E-state index in [-0.39, 0.29) is 16.5 Å². The highest BCUT2D eigenvalue weighted by Gasteiger charge is 2.35. The Morgan fingerprint density at radius 3 is 2.40 bits per heavy atom. The SMILES string of the molecule is O=C([O-])c1cc(-c2ccc(/C=C3\SC(=Nc4ccccc4)N(c4ccccc4)C3=O)o2)ccc1Cl. The molecule has 1 amide bonds. The third-order valence-electron chi connectivity index (χ3n) is 5.17. The molecule has 0 N–H and O–H groups in total. The molecule has 1 aliphatic heterocycles. The number of rotatable bonds is 5. The molecule has 0 radical (unpaired) electrons. The summed E-state index contributed by atoms with van der Waals surface area (Å²) in [5.74, 6) is -0.719. The van der Waals surface area contributed by atoms with Crippen LogP contribution in [0.5, 0.6) is 0 Å². The number of furan rings is 1. The van der Waals surface area contributed by atoms with E-state index in [9.17, 15) is 14.7 Å². The molecule has 3 aromatic carbocycles. The van der Waals surface area contributed by atoms with Crippen molar-refractivity contribution in [3.8, 4) is 11.3 Å². The maximum absolute atomic E-state index is 13.4. The summed E-state index contributed by atoms with van der Waals surface area (Å²) in [5.41, 5.74) is 1.85. The van der Waals surface area contributed by atoms with Crippen molar-refractivity contribution in [1.82, 2.24) is 0 Å². The second kappa shape index (κ2) is 9.66. The van der Waals surface area contributed by atoms with Crippen molar-refractivity contribution in [2.45, 2.75) is 0 Å². The summed E-state index contributed by atoms with van der Waals surface area (Å²) in [6.07, 6.45) is 1.65. The monoisotopic (exact) mass is 499 g/mol. The lowest BCUT2D eigenvalue weighted by molar-refractivity contribution is -0.255. The minimum Gasteiger partial charge on any atom is -0.545 e. The topological polar surface area (TPSA) is 85.9 Å². The molecule has 1 saturated heterocycles. The minimum absolute atomic E-state index is 0.0850. The van der Waals surface area contributed by atoms with Gasteiger partial charge >= 0.3 is 0 Å². The fourth-order valence-electron chi connectivity index (χ4n) is 3.52. The van der Waals surface area contributed by atoms with E-state index in [1.165, 1.54) is 23.9 Å². The maximum Gasteiger partial charge on any atom is 0.271 e. The molecular weight excluding hydrogens is 484 g/mol. The molecule has 5 rings (SSSR count). The van der Waals surface area contributed by atoms with E-state index in [0.29, 0.717) is 32.8 Å². The Morgan fingerprint density at radius 2 is 1.69 bits per heavy atom. The summed E-state index contributed by atoms with van der Waals surface area (Å²) in [7, 11) is 0. The summed E-state index contributed by atoms with van der Waals surface area (Å²) in [4.78, 5) is 31.4. The van der Waals surface area contributed by atoms with Crippen LogP contribution in [0.2, 0.25) is 5.02 Å². The fraction of sp³-hybridized carbons (Fsp3) is 0. The van der Waals surface area contributed by atoms with Crippen LogP contribution >= 0.6 is 23.4 Å². The lowest BCUT2D eigenvalue weighted by atomic mass is 10.1. The Bertz CT molecular complexity index is 1480. The molecule has 4 aromatic rings. The van der Waals surface area contributed by atoms with Crippen molar-refractivity contribution in [2.24, 2.45) is 4.99 Å². The van der Waals surface area contributed by atoms with Crippen LogP contribution in [0, 0.1) is 0 Å². The van der Waals surface area contributed by atoms with Gasteiger partial charge < -0.3 is 14.3 Å². The maximum atomic E-state index is 13.4. The lowest BCUT2D eigenvalue weighted by Crippen LogP contribution is -2.28. The molecule has 0 saturated carbocycles. The molecule has 1 aromatic heterocycles. The van der Waals surface area contributed by atoms with Crippen LogP contribution < -0.4 is 10.0 Å². The molecule has 0 bridgehead atoms. The zero-order valence-electron chi connectivity index (χ0n) is 18.1. The predicted molar refractivity (Wildman–Crippen MR) is 137 cm³/mol. The number of aliphatic imine (C=N–C) groups is 1. The Balaban J connectivity index is 1.49. The number of amidine groups is 1. The zero-order valence-corrected chi connectivity index (χ0v) is 19.6. The first-order valence-electron chi connectivity index (χ1n) is 10.5. The Hall–Kier alpha value is -4.07. The molecule has 8 heteroatoms. The van der Waals surface area contributed by atoms with Gasteiger partial charge in [0, 0.05) is 22.2 Å². The number of thioether (sulfide) groups is 1. The first-order chi connectivity index (χ1) is 17.0. The Morgan fingerprint density at radius 1 is 0.971 bits per heavy atom. The van der Waals surface area contributed by atoms with Crippen molar-refractivity contribution in [2.75, 3.05) is 4.90 Å². The number of anilines is 1. The van der Waals surface area contributed by atoms with Crippen LogP contribution in [-0.2, 0) is 4.79 Å². The molecule has 1 aliphatic rings. The summed E-state index contributed by atoms with van der Waals surface area (Å²) >= 11 is 7.18. The van der Waals surface area contributed by atoms with Gasteiger partial charge in [-0.25, -0.2) is 4.99 Å². The van der Waals surface area contributed by atoms with Crippen molar-refractivity contribution < 1.29 is 19.1 Å². The van der Waals surface area contributed by atoms with E-state index in [1.54, 1.807) is 29.2 Å². The number of carbonyl (C=O) groups excluding carboxylic acids is 2. The molecule has 0 aliphatic carbocycles. The van der Waals surface area contributed by atoms with Crippen molar-refractivity contribution >= 4 is 57.9 Å². The fourth-order valence-corrected chi connectivity index (χ4v) is 4.69. The second-order valence-electron chi connectivity index (χ2n) is 7.50. The standard InChI is InChI=1S/C27H17ClN2O4S/c28-22-13-11-17(15-21(22)26(32)33)23-14-12-20(34-23)16-24-25(31)30(19-9-5-2-6-10-19)27(35-24)29-18-7-3-1-4-8-18/h1-16H,(H,32,33)/p-1/b24-16-,29-27?. The smallest absolute Gasteiger partial charge is 0.271 e. The zero-order chi connectivity index (χ0) is 24.4.